The molecule has 2 aromatic heterocycles. The molecule has 0 aliphatic rings. The van der Waals surface area contributed by atoms with Gasteiger partial charge in [-0.05, 0) is 19.4 Å². The number of hydrogen-bond donors (Lipinski definition) is 2. The second-order valence-corrected chi connectivity index (χ2v) is 3.35. The van der Waals surface area contributed by atoms with Crippen LogP contribution in [0.3, 0.4) is 0 Å². The molecule has 0 unspecified atom stereocenters. The van der Waals surface area contributed by atoms with Gasteiger partial charge in [0.25, 0.3) is 0 Å². The largest absolute Gasteiger partial charge is 0.384 e. The first-order valence-corrected chi connectivity index (χ1v) is 4.25. The second kappa shape index (κ2) is 2.60. The van der Waals surface area contributed by atoms with Gasteiger partial charge in [0.05, 0.1) is 16.1 Å². The topological polar surface area (TPSA) is 67.6 Å². The van der Waals surface area contributed by atoms with Gasteiger partial charge >= 0.3 is 0 Å². The number of nitrogens with zero attached hydrogens (tertiary/aromatic N) is 2. The van der Waals surface area contributed by atoms with Crippen LogP contribution in [0.5, 0.6) is 0 Å². The lowest BCUT2D eigenvalue weighted by Crippen LogP contribution is -1.91. The maximum Gasteiger partial charge on any atom is 0.183 e. The minimum absolute atomic E-state index is 0.516. The number of aromatic nitrogens is 3. The Bertz CT molecular complexity index is 474. The molecule has 0 fully saturated rings. The molecule has 68 valence electrons. The summed E-state index contributed by atoms with van der Waals surface area (Å²) in [5.74, 6) is 0.516. The fourth-order valence-electron chi connectivity index (χ4n) is 1.39. The van der Waals surface area contributed by atoms with Crippen LogP contribution in [0, 0.1) is 13.8 Å². The van der Waals surface area contributed by atoms with E-state index in [0.717, 1.165) is 16.6 Å². The summed E-state index contributed by atoms with van der Waals surface area (Å²) < 4.78 is 0. The maximum absolute atomic E-state index is 6.03. The molecule has 0 radical (unpaired) electrons. The highest BCUT2D eigenvalue weighted by Gasteiger charge is 2.11. The van der Waals surface area contributed by atoms with Crippen LogP contribution >= 0.6 is 11.6 Å². The van der Waals surface area contributed by atoms with Crippen LogP contribution in [0.4, 0.5) is 5.82 Å². The molecule has 2 heterocycles. The van der Waals surface area contributed by atoms with Crippen molar-refractivity contribution in [3.05, 3.63) is 16.3 Å². The Morgan fingerprint density at radius 2 is 2.08 bits per heavy atom. The van der Waals surface area contributed by atoms with Crippen LogP contribution in [-0.2, 0) is 0 Å². The van der Waals surface area contributed by atoms with Gasteiger partial charge in [0, 0.05) is 0 Å². The highest BCUT2D eigenvalue weighted by Crippen LogP contribution is 2.28. The molecular formula is C8H9ClN4. The first-order chi connectivity index (χ1) is 6.11. The lowest BCUT2D eigenvalue weighted by atomic mass is 10.2. The first kappa shape index (κ1) is 8.31. The molecule has 0 bridgehead atoms. The molecule has 0 spiro atoms. The van der Waals surface area contributed by atoms with Gasteiger partial charge in [0.15, 0.2) is 5.65 Å². The maximum atomic E-state index is 6.03. The number of halogens is 1. The van der Waals surface area contributed by atoms with Gasteiger partial charge in [-0.1, -0.05) is 11.6 Å². The third kappa shape index (κ3) is 1.06. The molecule has 13 heavy (non-hydrogen) atoms. The summed E-state index contributed by atoms with van der Waals surface area (Å²) in [7, 11) is 0. The number of nitrogens with one attached hydrogen (secondary N) is 1. The van der Waals surface area contributed by atoms with E-state index >= 15 is 0 Å². The van der Waals surface area contributed by atoms with Crippen LogP contribution < -0.4 is 5.73 Å². The Labute approximate surface area is 80.1 Å². The predicted molar refractivity (Wildman–Crippen MR) is 52.8 cm³/mol. The molecule has 4 nitrogen and oxygen atoms in total. The Hall–Kier alpha value is -1.29. The van der Waals surface area contributed by atoms with Crippen molar-refractivity contribution >= 4 is 28.5 Å². The Balaban J connectivity index is 2.97. The molecule has 0 saturated heterocycles. The third-order valence-electron chi connectivity index (χ3n) is 2.07. The molecular weight excluding hydrogens is 188 g/mol. The summed E-state index contributed by atoms with van der Waals surface area (Å²) in [6.45, 7) is 3.75. The fraction of sp³-hybridized carbons (Fsp3) is 0.250. The van der Waals surface area contributed by atoms with E-state index in [4.69, 9.17) is 17.3 Å². The van der Waals surface area contributed by atoms with Crippen LogP contribution in [0.2, 0.25) is 5.02 Å². The summed E-state index contributed by atoms with van der Waals surface area (Å²) in [5, 5.41) is 8.11. The quantitative estimate of drug-likeness (QED) is 0.675. The van der Waals surface area contributed by atoms with Gasteiger partial charge in [0.1, 0.15) is 5.82 Å². The van der Waals surface area contributed by atoms with E-state index < -0.39 is 0 Å². The van der Waals surface area contributed by atoms with Gasteiger partial charge < -0.3 is 5.73 Å². The Morgan fingerprint density at radius 3 is 2.77 bits per heavy atom. The first-order valence-electron chi connectivity index (χ1n) is 3.87. The SMILES string of the molecule is Cc1nc2n[nH]c(N)c2c(C)c1Cl. The Morgan fingerprint density at radius 1 is 1.38 bits per heavy atom. The van der Waals surface area contributed by atoms with E-state index in [1.165, 1.54) is 0 Å². The van der Waals surface area contributed by atoms with Crippen molar-refractivity contribution < 1.29 is 0 Å². The van der Waals surface area contributed by atoms with Crippen molar-refractivity contribution in [3.63, 3.8) is 0 Å². The molecule has 0 aliphatic heterocycles. The van der Waals surface area contributed by atoms with E-state index in [-0.39, 0.29) is 0 Å². The van der Waals surface area contributed by atoms with Crippen LogP contribution in [0.15, 0.2) is 0 Å². The highest BCUT2D eigenvalue weighted by molar-refractivity contribution is 6.33. The van der Waals surface area contributed by atoms with E-state index in [2.05, 4.69) is 15.2 Å². The van der Waals surface area contributed by atoms with Crippen molar-refractivity contribution in [2.24, 2.45) is 0 Å². The van der Waals surface area contributed by atoms with E-state index in [1.807, 2.05) is 13.8 Å². The van der Waals surface area contributed by atoms with Crippen LogP contribution in [0.25, 0.3) is 11.0 Å². The number of anilines is 1. The van der Waals surface area contributed by atoms with Crippen molar-refractivity contribution in [2.75, 3.05) is 5.73 Å². The molecule has 3 N–H and O–H groups in total. The second-order valence-electron chi connectivity index (χ2n) is 2.97. The van der Waals surface area contributed by atoms with E-state index in [9.17, 15) is 0 Å². The lowest BCUT2D eigenvalue weighted by Gasteiger charge is -2.02. The van der Waals surface area contributed by atoms with Gasteiger partial charge in [-0.2, -0.15) is 5.10 Å². The van der Waals surface area contributed by atoms with Gasteiger partial charge in [0.2, 0.25) is 0 Å². The summed E-state index contributed by atoms with van der Waals surface area (Å²) in [4.78, 5) is 4.20. The standard InChI is InChI=1S/C8H9ClN4/c1-3-5-7(10)12-13-8(5)11-4(2)6(3)9/h1-2H3,(H3,10,11,12,13). The van der Waals surface area contributed by atoms with E-state index in [1.54, 1.807) is 0 Å². The number of aryl methyl sites for hydroxylation is 2. The molecule has 2 aromatic rings. The smallest absolute Gasteiger partial charge is 0.183 e. The predicted octanol–water partition coefficient (Wildman–Crippen LogP) is 1.81. The molecule has 0 aromatic carbocycles. The van der Waals surface area contributed by atoms with E-state index in [0.29, 0.717) is 16.5 Å². The fourth-order valence-corrected chi connectivity index (χ4v) is 1.52. The lowest BCUT2D eigenvalue weighted by molar-refractivity contribution is 1.09. The van der Waals surface area contributed by atoms with Gasteiger partial charge in [-0.15, -0.1) is 0 Å². The number of nitrogen functional groups attached to an aromatic ring is 1. The zero-order valence-electron chi connectivity index (χ0n) is 7.35. The zero-order valence-corrected chi connectivity index (χ0v) is 8.11. The summed E-state index contributed by atoms with van der Waals surface area (Å²) >= 11 is 6.03. The number of aromatic amines is 1. The molecule has 2 rings (SSSR count). The number of rotatable bonds is 0. The normalized spacial score (nSPS) is 11.0. The average molecular weight is 197 g/mol. The van der Waals surface area contributed by atoms with Crippen molar-refractivity contribution in [3.8, 4) is 0 Å². The number of nitrogens with two attached hydrogens (primary N) is 1. The van der Waals surface area contributed by atoms with Crippen LogP contribution in [-0.4, -0.2) is 15.2 Å². The highest BCUT2D eigenvalue weighted by atomic mass is 35.5. The minimum atomic E-state index is 0.516. The molecule has 0 saturated carbocycles. The summed E-state index contributed by atoms with van der Waals surface area (Å²) in [5.41, 5.74) is 8.00. The third-order valence-corrected chi connectivity index (χ3v) is 2.63. The zero-order chi connectivity index (χ0) is 9.59. The number of pyridine rings is 1. The van der Waals surface area contributed by atoms with Crippen molar-refractivity contribution in [1.82, 2.24) is 15.2 Å². The number of H-pyrrole nitrogens is 1. The molecule has 5 heteroatoms. The van der Waals surface area contributed by atoms with Gasteiger partial charge in [-0.3, -0.25) is 5.10 Å². The summed E-state index contributed by atoms with van der Waals surface area (Å²) in [6, 6.07) is 0. The number of fused-ring (bicyclic) bond motifs is 1. The van der Waals surface area contributed by atoms with Crippen molar-refractivity contribution in [2.45, 2.75) is 13.8 Å². The van der Waals surface area contributed by atoms with Crippen LogP contribution in [0.1, 0.15) is 11.3 Å². The number of hydrogen-bond acceptors (Lipinski definition) is 3. The van der Waals surface area contributed by atoms with Gasteiger partial charge in [-0.25, -0.2) is 4.98 Å². The monoisotopic (exact) mass is 196 g/mol. The molecule has 0 aliphatic carbocycles. The van der Waals surface area contributed by atoms with Crippen molar-refractivity contribution in [1.29, 1.82) is 0 Å². The Kier molecular flexibility index (Phi) is 1.66. The molecule has 0 atom stereocenters. The molecule has 0 amide bonds. The average Bonchev–Trinajstić information content (AvgIpc) is 2.43. The minimum Gasteiger partial charge on any atom is -0.384 e. The summed E-state index contributed by atoms with van der Waals surface area (Å²) in [6.07, 6.45) is 0.